The van der Waals surface area contributed by atoms with Crippen LogP contribution in [0.25, 0.3) is 22.0 Å². The van der Waals surface area contributed by atoms with Crippen LogP contribution in [-0.4, -0.2) is 87.5 Å². The fraction of sp³-hybridized carbons (Fsp3) is 0.500. The monoisotopic (exact) mass is 652 g/mol. The number of hydrogen-bond acceptors (Lipinski definition) is 7. The van der Waals surface area contributed by atoms with Gasteiger partial charge in [-0.2, -0.15) is 23.1 Å². The Hall–Kier alpha value is -3.65. The van der Waals surface area contributed by atoms with E-state index in [4.69, 9.17) is 22.1 Å². The molecule has 4 aliphatic heterocycles. The van der Waals surface area contributed by atoms with Gasteiger partial charge in [0.2, 0.25) is 0 Å². The molecule has 1 aromatic heterocycles. The molecule has 2 bridgehead atoms. The predicted octanol–water partition coefficient (Wildman–Crippen LogP) is 5.98. The van der Waals surface area contributed by atoms with Gasteiger partial charge in [-0.1, -0.05) is 11.6 Å². The molecule has 240 valence electrons. The van der Waals surface area contributed by atoms with Crippen molar-refractivity contribution >= 4 is 40.1 Å². The predicted molar refractivity (Wildman–Crippen MR) is 157 cm³/mol. The fourth-order valence-electron chi connectivity index (χ4n) is 7.76. The molecule has 3 N–H and O–H groups in total. The summed E-state index contributed by atoms with van der Waals surface area (Å²) in [6.07, 6.45) is -3.74. The minimum atomic E-state index is -4.83. The number of rotatable bonds is 5. The first-order chi connectivity index (χ1) is 21.3. The van der Waals surface area contributed by atoms with E-state index in [1.54, 1.807) is 0 Å². The third kappa shape index (κ3) is 5.05. The third-order valence-corrected chi connectivity index (χ3v) is 9.99. The molecule has 4 fully saturated rings. The SMILES string of the molecule is Nc1ccc(C(F)(F)F)c(-c2c(Cl)cc3c(N4C[C@H]5CC[C@@H](C4)N5C(=O)O)nc(OC[C@@]45CCCN4C[C@H](F)C5)nc3c2F)c1. The first-order valence-corrected chi connectivity index (χ1v) is 15.2. The van der Waals surface area contributed by atoms with E-state index in [2.05, 4.69) is 9.97 Å². The summed E-state index contributed by atoms with van der Waals surface area (Å²) in [6.45, 7) is 1.57. The first kappa shape index (κ1) is 30.0. The number of fused-ring (bicyclic) bond motifs is 4. The summed E-state index contributed by atoms with van der Waals surface area (Å²) in [5.41, 5.74) is 2.75. The second-order valence-corrected chi connectivity index (χ2v) is 12.8. The molecule has 15 heteroatoms. The van der Waals surface area contributed by atoms with Crippen LogP contribution < -0.4 is 15.4 Å². The van der Waals surface area contributed by atoms with E-state index < -0.39 is 46.5 Å². The van der Waals surface area contributed by atoms with Crippen molar-refractivity contribution in [3.63, 3.8) is 0 Å². The normalized spacial score (nSPS) is 26.6. The Bertz CT molecular complexity index is 1680. The largest absolute Gasteiger partial charge is 0.465 e. The number of aromatic nitrogens is 2. The lowest BCUT2D eigenvalue weighted by molar-refractivity contribution is -0.137. The quantitative estimate of drug-likeness (QED) is 0.256. The van der Waals surface area contributed by atoms with Gasteiger partial charge in [-0.3, -0.25) is 9.80 Å². The minimum Gasteiger partial charge on any atom is -0.465 e. The van der Waals surface area contributed by atoms with Crippen LogP contribution in [-0.2, 0) is 6.18 Å². The van der Waals surface area contributed by atoms with Gasteiger partial charge in [-0.25, -0.2) is 13.6 Å². The van der Waals surface area contributed by atoms with E-state index in [9.17, 15) is 27.5 Å². The van der Waals surface area contributed by atoms with Crippen LogP contribution in [0.2, 0.25) is 5.02 Å². The minimum absolute atomic E-state index is 0.0177. The topological polar surface area (TPSA) is 108 Å². The van der Waals surface area contributed by atoms with E-state index in [1.807, 2.05) is 9.80 Å². The van der Waals surface area contributed by atoms with Crippen molar-refractivity contribution in [1.82, 2.24) is 19.8 Å². The molecule has 0 radical (unpaired) electrons. The Morgan fingerprint density at radius 2 is 1.89 bits per heavy atom. The van der Waals surface area contributed by atoms with Crippen molar-refractivity contribution < 1.29 is 36.6 Å². The molecule has 0 saturated carbocycles. The number of halogens is 6. The maximum Gasteiger partial charge on any atom is 0.417 e. The average Bonchev–Trinajstić information content (AvgIpc) is 3.58. The molecule has 0 spiro atoms. The van der Waals surface area contributed by atoms with Crippen LogP contribution in [0.4, 0.5) is 38.3 Å². The molecule has 4 saturated heterocycles. The summed E-state index contributed by atoms with van der Waals surface area (Å²) >= 11 is 6.54. The zero-order chi connectivity index (χ0) is 31.8. The smallest absolute Gasteiger partial charge is 0.417 e. The summed E-state index contributed by atoms with van der Waals surface area (Å²) in [5.74, 6) is -0.886. The van der Waals surface area contributed by atoms with E-state index in [1.165, 1.54) is 11.0 Å². The van der Waals surface area contributed by atoms with Gasteiger partial charge in [0, 0.05) is 48.3 Å². The van der Waals surface area contributed by atoms with Gasteiger partial charge in [0.15, 0.2) is 5.82 Å². The van der Waals surface area contributed by atoms with Gasteiger partial charge in [-0.05, 0) is 56.5 Å². The number of nitrogens with two attached hydrogens (primary N) is 1. The summed E-state index contributed by atoms with van der Waals surface area (Å²) in [6, 6.07) is 3.31. The molecule has 7 rings (SSSR count). The lowest BCUT2D eigenvalue weighted by Gasteiger charge is -2.40. The maximum atomic E-state index is 16.6. The Labute approximate surface area is 259 Å². The number of carboxylic acid groups (broad SMARTS) is 1. The molecule has 4 aliphatic rings. The van der Waals surface area contributed by atoms with Crippen LogP contribution in [0.15, 0.2) is 24.3 Å². The molecule has 5 heterocycles. The number of benzene rings is 2. The van der Waals surface area contributed by atoms with Crippen LogP contribution in [0.5, 0.6) is 6.01 Å². The number of hydrogen-bond donors (Lipinski definition) is 2. The highest BCUT2D eigenvalue weighted by Gasteiger charge is 2.50. The van der Waals surface area contributed by atoms with Crippen LogP contribution in [0.1, 0.15) is 37.7 Å². The van der Waals surface area contributed by atoms with Crippen molar-refractivity contribution in [1.29, 1.82) is 0 Å². The lowest BCUT2D eigenvalue weighted by Crippen LogP contribution is -2.55. The first-order valence-electron chi connectivity index (χ1n) is 14.8. The molecule has 9 nitrogen and oxygen atoms in total. The van der Waals surface area contributed by atoms with E-state index >= 15 is 4.39 Å². The number of amides is 1. The zero-order valence-electron chi connectivity index (χ0n) is 24.0. The zero-order valence-corrected chi connectivity index (χ0v) is 24.7. The summed E-state index contributed by atoms with van der Waals surface area (Å²) in [4.78, 5) is 26.2. The van der Waals surface area contributed by atoms with E-state index in [0.717, 1.165) is 31.2 Å². The van der Waals surface area contributed by atoms with Gasteiger partial charge < -0.3 is 20.5 Å². The lowest BCUT2D eigenvalue weighted by atomic mass is 9.95. The number of anilines is 2. The second kappa shape index (κ2) is 10.7. The summed E-state index contributed by atoms with van der Waals surface area (Å²) in [7, 11) is 0. The average molecular weight is 653 g/mol. The van der Waals surface area contributed by atoms with Crippen molar-refractivity contribution in [2.24, 2.45) is 0 Å². The highest BCUT2D eigenvalue weighted by molar-refractivity contribution is 6.34. The molecule has 0 aliphatic carbocycles. The molecule has 4 atom stereocenters. The highest BCUT2D eigenvalue weighted by Crippen LogP contribution is 2.46. The highest BCUT2D eigenvalue weighted by atomic mass is 35.5. The number of ether oxygens (including phenoxy) is 1. The summed E-state index contributed by atoms with van der Waals surface area (Å²) < 4.78 is 79.2. The van der Waals surface area contributed by atoms with Crippen LogP contribution in [0.3, 0.4) is 0 Å². The standard InChI is InChI=1S/C30H30ClF5N6O3/c31-22-9-20-25(24(33)23(22)19-8-16(37)2-5-21(19)30(34,35)36)38-27(45-14-29-6-1-7-41(29)11-15(32)10-29)39-26(20)40-12-17-3-4-18(13-40)42(17)28(43)44/h2,5,8-9,15,17-18H,1,3-4,6-7,10-14,37H2,(H,43,44)/t15-,17-,18+,29+/m1/s1. The van der Waals surface area contributed by atoms with Gasteiger partial charge in [0.1, 0.15) is 24.1 Å². The molecular weight excluding hydrogens is 623 g/mol. The molecule has 2 aromatic carbocycles. The number of nitrogen functional groups attached to an aromatic ring is 1. The van der Waals surface area contributed by atoms with Gasteiger partial charge >= 0.3 is 18.3 Å². The van der Waals surface area contributed by atoms with Crippen molar-refractivity contribution in [3.8, 4) is 17.1 Å². The third-order valence-electron chi connectivity index (χ3n) is 9.69. The Morgan fingerprint density at radius 3 is 2.58 bits per heavy atom. The van der Waals surface area contributed by atoms with Crippen molar-refractivity contribution in [2.45, 2.75) is 62.1 Å². The molecule has 3 aromatic rings. The Kier molecular flexibility index (Phi) is 7.15. The molecule has 45 heavy (non-hydrogen) atoms. The number of piperazine rings is 1. The molecule has 1 amide bonds. The Morgan fingerprint density at radius 1 is 1.16 bits per heavy atom. The van der Waals surface area contributed by atoms with Crippen molar-refractivity contribution in [3.05, 3.63) is 40.7 Å². The second-order valence-electron chi connectivity index (χ2n) is 12.4. The summed E-state index contributed by atoms with van der Waals surface area (Å²) in [5, 5.41) is 9.58. The number of nitrogens with zero attached hydrogens (tertiary/aromatic N) is 5. The van der Waals surface area contributed by atoms with Gasteiger partial charge in [0.05, 0.1) is 28.2 Å². The van der Waals surface area contributed by atoms with Gasteiger partial charge in [0.25, 0.3) is 0 Å². The van der Waals surface area contributed by atoms with E-state index in [-0.39, 0.29) is 71.6 Å². The van der Waals surface area contributed by atoms with Crippen molar-refractivity contribution in [2.75, 3.05) is 43.4 Å². The van der Waals surface area contributed by atoms with E-state index in [0.29, 0.717) is 25.8 Å². The molecular formula is C30H30ClF5N6O3. The van der Waals surface area contributed by atoms with Crippen LogP contribution >= 0.6 is 11.6 Å². The number of carbonyl (C=O) groups is 1. The maximum absolute atomic E-state index is 16.6. The van der Waals surface area contributed by atoms with Gasteiger partial charge in [-0.15, -0.1) is 0 Å². The number of alkyl halides is 4. The Balaban J connectivity index is 1.36. The molecule has 0 unspecified atom stereocenters. The van der Waals surface area contributed by atoms with Crippen LogP contribution in [0, 0.1) is 5.82 Å². The fourth-order valence-corrected chi connectivity index (χ4v) is 8.06.